The van der Waals surface area contributed by atoms with Crippen molar-refractivity contribution in [3.8, 4) is 0 Å². The minimum atomic E-state index is -0.546. The molecule has 116 valence electrons. The lowest BCUT2D eigenvalue weighted by molar-refractivity contribution is 0.0522. The molecule has 4 heteroatoms. The van der Waals surface area contributed by atoms with E-state index in [2.05, 4.69) is 19.2 Å². The zero-order valence-electron chi connectivity index (χ0n) is 12.9. The van der Waals surface area contributed by atoms with Crippen LogP contribution in [0.25, 0.3) is 0 Å². The number of amides is 1. The Balaban J connectivity index is 1.91. The molecule has 0 heterocycles. The third kappa shape index (κ3) is 4.46. The van der Waals surface area contributed by atoms with Crippen LogP contribution in [0.15, 0.2) is 30.3 Å². The van der Waals surface area contributed by atoms with Crippen molar-refractivity contribution in [3.63, 3.8) is 0 Å². The Labute approximate surface area is 126 Å². The molecule has 1 aliphatic carbocycles. The lowest BCUT2D eigenvalue weighted by Gasteiger charge is -2.44. The minimum absolute atomic E-state index is 0.0448. The van der Waals surface area contributed by atoms with Gasteiger partial charge in [0.05, 0.1) is 12.1 Å². The summed E-state index contributed by atoms with van der Waals surface area (Å²) >= 11 is 0. The normalized spacial score (nSPS) is 24.3. The summed E-state index contributed by atoms with van der Waals surface area (Å²) in [6.07, 6.45) is 3.25. The first kappa shape index (κ1) is 15.8. The highest BCUT2D eigenvalue weighted by Crippen LogP contribution is 2.40. The van der Waals surface area contributed by atoms with Gasteiger partial charge in [-0.1, -0.05) is 50.6 Å². The van der Waals surface area contributed by atoms with Gasteiger partial charge in [0.1, 0.15) is 6.61 Å². The van der Waals surface area contributed by atoms with E-state index >= 15 is 0 Å². The number of ether oxygens (including phenoxy) is 1. The number of nitrogens with one attached hydrogen (secondary N) is 1. The number of benzene rings is 1. The van der Waals surface area contributed by atoms with Gasteiger partial charge in [-0.15, -0.1) is 0 Å². The molecule has 0 aliphatic heterocycles. The highest BCUT2D eigenvalue weighted by molar-refractivity contribution is 5.68. The van der Waals surface area contributed by atoms with Gasteiger partial charge in [-0.05, 0) is 30.2 Å². The maximum atomic E-state index is 12.0. The van der Waals surface area contributed by atoms with E-state index in [1.807, 2.05) is 30.3 Å². The minimum Gasteiger partial charge on any atom is -0.445 e. The first-order chi connectivity index (χ1) is 9.95. The van der Waals surface area contributed by atoms with Crippen LogP contribution in [0.5, 0.6) is 0 Å². The predicted molar refractivity (Wildman–Crippen MR) is 81.8 cm³/mol. The molecule has 0 saturated heterocycles. The van der Waals surface area contributed by atoms with E-state index in [0.29, 0.717) is 0 Å². The van der Waals surface area contributed by atoms with Gasteiger partial charge < -0.3 is 15.2 Å². The molecule has 1 amide bonds. The average molecular weight is 291 g/mol. The van der Waals surface area contributed by atoms with Crippen LogP contribution in [0.2, 0.25) is 0 Å². The topological polar surface area (TPSA) is 58.6 Å². The van der Waals surface area contributed by atoms with Crippen LogP contribution >= 0.6 is 0 Å². The van der Waals surface area contributed by atoms with E-state index in [0.717, 1.165) is 31.2 Å². The molecule has 1 aliphatic rings. The fourth-order valence-corrected chi connectivity index (χ4v) is 3.26. The Hall–Kier alpha value is -1.55. The SMILES string of the molecule is CC1(C)CCCC(CO)(NC(=O)OCc2ccccc2)C1. The summed E-state index contributed by atoms with van der Waals surface area (Å²) in [6, 6.07) is 9.58. The van der Waals surface area contributed by atoms with Crippen LogP contribution in [0.1, 0.15) is 45.1 Å². The van der Waals surface area contributed by atoms with Crippen molar-refractivity contribution in [1.82, 2.24) is 5.32 Å². The molecule has 0 spiro atoms. The van der Waals surface area contributed by atoms with Crippen molar-refractivity contribution in [2.24, 2.45) is 5.41 Å². The third-order valence-electron chi connectivity index (χ3n) is 4.21. The summed E-state index contributed by atoms with van der Waals surface area (Å²) < 4.78 is 5.26. The molecule has 2 N–H and O–H groups in total. The van der Waals surface area contributed by atoms with Crippen molar-refractivity contribution in [2.75, 3.05) is 6.61 Å². The quantitative estimate of drug-likeness (QED) is 0.895. The number of carbonyl (C=O) groups is 1. The molecule has 2 rings (SSSR count). The Bertz CT molecular complexity index is 472. The highest BCUT2D eigenvalue weighted by Gasteiger charge is 2.41. The van der Waals surface area contributed by atoms with Gasteiger partial charge in [-0.2, -0.15) is 0 Å². The van der Waals surface area contributed by atoms with Gasteiger partial charge in [-0.25, -0.2) is 4.79 Å². The molecule has 0 radical (unpaired) electrons. The maximum absolute atomic E-state index is 12.0. The summed E-state index contributed by atoms with van der Waals surface area (Å²) in [5.74, 6) is 0. The van der Waals surface area contributed by atoms with E-state index in [1.165, 1.54) is 0 Å². The number of hydrogen-bond donors (Lipinski definition) is 2. The van der Waals surface area contributed by atoms with Gasteiger partial charge in [0.15, 0.2) is 0 Å². The first-order valence-corrected chi connectivity index (χ1v) is 7.55. The predicted octanol–water partition coefficient (Wildman–Crippen LogP) is 3.24. The Kier molecular flexibility index (Phi) is 4.88. The van der Waals surface area contributed by atoms with Gasteiger partial charge in [-0.3, -0.25) is 0 Å². The number of aliphatic hydroxyl groups excluding tert-OH is 1. The summed E-state index contributed by atoms with van der Waals surface area (Å²) in [6.45, 7) is 4.55. The molecule has 1 atom stereocenters. The van der Waals surface area contributed by atoms with Gasteiger partial charge >= 0.3 is 6.09 Å². The Morgan fingerprint density at radius 2 is 2.00 bits per heavy atom. The van der Waals surface area contributed by atoms with Crippen LogP contribution in [0.4, 0.5) is 4.79 Å². The molecule has 1 aromatic carbocycles. The van der Waals surface area contributed by atoms with Crippen molar-refractivity contribution < 1.29 is 14.6 Å². The molecular weight excluding hydrogens is 266 g/mol. The van der Waals surface area contributed by atoms with Gasteiger partial charge in [0.25, 0.3) is 0 Å². The monoisotopic (exact) mass is 291 g/mol. The first-order valence-electron chi connectivity index (χ1n) is 7.55. The molecule has 1 fully saturated rings. The van der Waals surface area contributed by atoms with Gasteiger partial charge in [0, 0.05) is 0 Å². The average Bonchev–Trinajstić information content (AvgIpc) is 2.45. The summed E-state index contributed by atoms with van der Waals surface area (Å²) in [7, 11) is 0. The van der Waals surface area contributed by atoms with E-state index < -0.39 is 11.6 Å². The molecule has 0 bridgehead atoms. The second-order valence-electron chi connectivity index (χ2n) is 6.82. The van der Waals surface area contributed by atoms with E-state index in [1.54, 1.807) is 0 Å². The van der Waals surface area contributed by atoms with Crippen LogP contribution in [0, 0.1) is 5.41 Å². The molecule has 0 aromatic heterocycles. The Morgan fingerprint density at radius 3 is 2.62 bits per heavy atom. The summed E-state index contributed by atoms with van der Waals surface area (Å²) in [5.41, 5.74) is 0.540. The fourth-order valence-electron chi connectivity index (χ4n) is 3.26. The number of hydrogen-bond acceptors (Lipinski definition) is 3. The van der Waals surface area contributed by atoms with Crippen LogP contribution < -0.4 is 5.32 Å². The van der Waals surface area contributed by atoms with Crippen LogP contribution in [-0.4, -0.2) is 23.3 Å². The van der Waals surface area contributed by atoms with Crippen molar-refractivity contribution >= 4 is 6.09 Å². The number of rotatable bonds is 4. The Morgan fingerprint density at radius 1 is 1.29 bits per heavy atom. The maximum Gasteiger partial charge on any atom is 0.407 e. The van der Waals surface area contributed by atoms with E-state index in [-0.39, 0.29) is 18.6 Å². The molecule has 21 heavy (non-hydrogen) atoms. The van der Waals surface area contributed by atoms with Crippen LogP contribution in [-0.2, 0) is 11.3 Å². The zero-order chi connectivity index (χ0) is 15.3. The molecular formula is C17H25NO3. The number of alkyl carbamates (subject to hydrolysis) is 1. The van der Waals surface area contributed by atoms with E-state index in [9.17, 15) is 9.90 Å². The lowest BCUT2D eigenvalue weighted by atomic mass is 9.68. The summed E-state index contributed by atoms with van der Waals surface area (Å²) in [4.78, 5) is 12.0. The van der Waals surface area contributed by atoms with Crippen LogP contribution in [0.3, 0.4) is 0 Å². The number of aliphatic hydroxyl groups is 1. The second kappa shape index (κ2) is 6.48. The second-order valence-corrected chi connectivity index (χ2v) is 6.82. The van der Waals surface area contributed by atoms with E-state index in [4.69, 9.17) is 4.74 Å². The molecule has 1 saturated carbocycles. The summed E-state index contributed by atoms with van der Waals surface area (Å²) in [5, 5.41) is 12.6. The molecule has 1 unspecified atom stereocenters. The lowest BCUT2D eigenvalue weighted by Crippen LogP contribution is -2.55. The van der Waals surface area contributed by atoms with Crippen molar-refractivity contribution in [1.29, 1.82) is 0 Å². The molecule has 1 aromatic rings. The highest BCUT2D eigenvalue weighted by atomic mass is 16.5. The largest absolute Gasteiger partial charge is 0.445 e. The standard InChI is InChI=1S/C17H25NO3/c1-16(2)9-6-10-17(12-16,13-19)18-15(20)21-11-14-7-4-3-5-8-14/h3-5,7-8,19H,6,9-13H2,1-2H3,(H,18,20). The fraction of sp³-hybridized carbons (Fsp3) is 0.588. The zero-order valence-corrected chi connectivity index (χ0v) is 12.9. The van der Waals surface area contributed by atoms with Crippen molar-refractivity contribution in [2.45, 2.75) is 51.7 Å². The van der Waals surface area contributed by atoms with Gasteiger partial charge in [0.2, 0.25) is 0 Å². The third-order valence-corrected chi connectivity index (χ3v) is 4.21. The van der Waals surface area contributed by atoms with Crippen molar-refractivity contribution in [3.05, 3.63) is 35.9 Å². The molecule has 4 nitrogen and oxygen atoms in total. The number of carbonyl (C=O) groups excluding carboxylic acids is 1. The smallest absolute Gasteiger partial charge is 0.407 e.